The van der Waals surface area contributed by atoms with Crippen LogP contribution in [0.15, 0.2) is 0 Å². The van der Waals surface area contributed by atoms with Gasteiger partial charge in [0.1, 0.15) is 0 Å². The van der Waals surface area contributed by atoms with Crippen molar-refractivity contribution in [1.82, 2.24) is 10.9 Å². The molecule has 9 heavy (non-hydrogen) atoms. The highest BCUT2D eigenvalue weighted by Crippen LogP contribution is 2.01. The van der Waals surface area contributed by atoms with Gasteiger partial charge in [0, 0.05) is 6.54 Å². The van der Waals surface area contributed by atoms with Gasteiger partial charge in [0.25, 0.3) is 0 Å². The Bertz CT molecular complexity index is 74.6. The third-order valence-electron chi connectivity index (χ3n) is 1.01. The lowest BCUT2D eigenvalue weighted by molar-refractivity contribution is -0.0197. The molecule has 0 atom stereocenters. The van der Waals surface area contributed by atoms with Crippen LogP contribution in [-0.4, -0.2) is 19.2 Å². The van der Waals surface area contributed by atoms with Crippen molar-refractivity contribution in [2.45, 2.75) is 19.4 Å². The molecule has 0 aliphatic carbocycles. The lowest BCUT2D eigenvalue weighted by Crippen LogP contribution is -2.43. The van der Waals surface area contributed by atoms with Crippen LogP contribution in [-0.2, 0) is 4.84 Å². The Labute approximate surface area is 55.7 Å². The summed E-state index contributed by atoms with van der Waals surface area (Å²) in [6.45, 7) is 4.48. The van der Waals surface area contributed by atoms with E-state index in [-0.39, 0.29) is 5.60 Å². The summed E-state index contributed by atoms with van der Waals surface area (Å²) < 4.78 is 0. The molecule has 4 heteroatoms. The van der Waals surface area contributed by atoms with E-state index in [0.29, 0.717) is 6.54 Å². The van der Waals surface area contributed by atoms with Gasteiger partial charge in [-0.1, -0.05) is 0 Å². The van der Waals surface area contributed by atoms with Gasteiger partial charge in [-0.15, -0.1) is 0 Å². The molecule has 0 aliphatic heterocycles. The fraction of sp³-hybridized carbons (Fsp3) is 1.00. The van der Waals surface area contributed by atoms with Gasteiger partial charge in [0.2, 0.25) is 0 Å². The van der Waals surface area contributed by atoms with Crippen LogP contribution in [0.2, 0.25) is 0 Å². The molecular weight excluding hydrogens is 118 g/mol. The molecule has 56 valence electrons. The molecule has 0 bridgehead atoms. The second-order valence-corrected chi connectivity index (χ2v) is 2.48. The van der Waals surface area contributed by atoms with E-state index < -0.39 is 0 Å². The summed E-state index contributed by atoms with van der Waals surface area (Å²) in [6.07, 6.45) is 0. The molecule has 0 aromatic heterocycles. The predicted octanol–water partition coefficient (Wildman–Crippen LogP) is -0.621. The maximum absolute atomic E-state index is 4.98. The Hall–Kier alpha value is -0.160. The maximum Gasteiger partial charge on any atom is 0.0975 e. The average Bonchev–Trinajstić information content (AvgIpc) is 1.84. The minimum atomic E-state index is -0.303. The van der Waals surface area contributed by atoms with Crippen LogP contribution in [0.3, 0.4) is 0 Å². The van der Waals surface area contributed by atoms with E-state index in [1.807, 2.05) is 13.8 Å². The Balaban J connectivity index is 3.33. The molecule has 4 nitrogen and oxygen atoms in total. The van der Waals surface area contributed by atoms with Crippen molar-refractivity contribution >= 4 is 0 Å². The normalized spacial score (nSPS) is 12.0. The molecule has 0 fully saturated rings. The Morgan fingerprint density at radius 2 is 2.11 bits per heavy atom. The zero-order valence-electron chi connectivity index (χ0n) is 6.19. The van der Waals surface area contributed by atoms with Crippen molar-refractivity contribution in [2.24, 2.45) is 5.90 Å². The molecule has 0 aromatic carbocycles. The summed E-state index contributed by atoms with van der Waals surface area (Å²) in [4.78, 5) is 4.64. The van der Waals surface area contributed by atoms with Crippen LogP contribution >= 0.6 is 0 Å². The molecular formula is C5H15N3O. The second kappa shape index (κ2) is 3.79. The monoisotopic (exact) mass is 133 g/mol. The fourth-order valence-electron chi connectivity index (χ4n) is 0.343. The topological polar surface area (TPSA) is 59.3 Å². The van der Waals surface area contributed by atoms with E-state index in [1.54, 1.807) is 7.05 Å². The first-order valence-electron chi connectivity index (χ1n) is 2.90. The minimum Gasteiger partial charge on any atom is -0.297 e. The molecule has 0 spiro atoms. The molecule has 0 radical (unpaired) electrons. The van der Waals surface area contributed by atoms with E-state index in [2.05, 4.69) is 15.7 Å². The first kappa shape index (κ1) is 8.84. The molecule has 0 saturated heterocycles. The summed E-state index contributed by atoms with van der Waals surface area (Å²) in [7, 11) is 1.80. The van der Waals surface area contributed by atoms with Crippen molar-refractivity contribution < 1.29 is 4.84 Å². The van der Waals surface area contributed by atoms with Gasteiger partial charge in [0.15, 0.2) is 0 Å². The summed E-state index contributed by atoms with van der Waals surface area (Å²) in [5, 5.41) is 0. The lowest BCUT2D eigenvalue weighted by atomic mass is 10.1. The third-order valence-corrected chi connectivity index (χ3v) is 1.01. The van der Waals surface area contributed by atoms with Crippen LogP contribution in [0.5, 0.6) is 0 Å². The highest BCUT2D eigenvalue weighted by Gasteiger charge is 2.15. The van der Waals surface area contributed by atoms with Gasteiger partial charge >= 0.3 is 0 Å². The summed E-state index contributed by atoms with van der Waals surface area (Å²) >= 11 is 0. The van der Waals surface area contributed by atoms with E-state index in [0.717, 1.165) is 0 Å². The fourth-order valence-corrected chi connectivity index (χ4v) is 0.343. The summed E-state index contributed by atoms with van der Waals surface area (Å²) in [6, 6.07) is 0. The molecule has 0 heterocycles. The number of hydrogen-bond donors (Lipinski definition) is 3. The van der Waals surface area contributed by atoms with E-state index in [9.17, 15) is 0 Å². The smallest absolute Gasteiger partial charge is 0.0975 e. The van der Waals surface area contributed by atoms with Crippen molar-refractivity contribution in [1.29, 1.82) is 0 Å². The first-order valence-corrected chi connectivity index (χ1v) is 2.90. The van der Waals surface area contributed by atoms with Gasteiger partial charge in [-0.2, -0.15) is 0 Å². The first-order chi connectivity index (χ1) is 4.12. The lowest BCUT2D eigenvalue weighted by Gasteiger charge is -2.21. The number of nitrogens with one attached hydrogen (secondary N) is 2. The Morgan fingerprint density at radius 3 is 2.44 bits per heavy atom. The third kappa shape index (κ3) is 4.35. The molecule has 0 unspecified atom stereocenters. The van der Waals surface area contributed by atoms with E-state index >= 15 is 0 Å². The van der Waals surface area contributed by atoms with Crippen molar-refractivity contribution in [3.63, 3.8) is 0 Å². The van der Waals surface area contributed by atoms with E-state index in [1.165, 1.54) is 0 Å². The molecule has 0 aliphatic rings. The van der Waals surface area contributed by atoms with Crippen LogP contribution in [0.4, 0.5) is 0 Å². The minimum absolute atomic E-state index is 0.303. The van der Waals surface area contributed by atoms with Crippen LogP contribution in [0.1, 0.15) is 13.8 Å². The predicted molar refractivity (Wildman–Crippen MR) is 36.4 cm³/mol. The number of hydrogen-bond acceptors (Lipinski definition) is 4. The van der Waals surface area contributed by atoms with Gasteiger partial charge in [-0.05, 0) is 20.9 Å². The summed E-state index contributed by atoms with van der Waals surface area (Å²) in [5.41, 5.74) is 5.35. The second-order valence-electron chi connectivity index (χ2n) is 2.48. The Kier molecular flexibility index (Phi) is 3.72. The highest BCUT2D eigenvalue weighted by atomic mass is 16.6. The highest BCUT2D eigenvalue weighted by molar-refractivity contribution is 4.68. The van der Waals surface area contributed by atoms with Crippen LogP contribution in [0.25, 0.3) is 0 Å². The molecule has 4 N–H and O–H groups in total. The molecule has 0 aromatic rings. The van der Waals surface area contributed by atoms with Gasteiger partial charge < -0.3 is 0 Å². The molecule has 0 amide bonds. The Morgan fingerprint density at radius 1 is 1.56 bits per heavy atom. The van der Waals surface area contributed by atoms with Gasteiger partial charge in [-0.3, -0.25) is 15.7 Å². The van der Waals surface area contributed by atoms with Gasteiger partial charge in [-0.25, -0.2) is 5.90 Å². The summed E-state index contributed by atoms with van der Waals surface area (Å²) in [5.74, 6) is 4.98. The van der Waals surface area contributed by atoms with Crippen LogP contribution in [0, 0.1) is 0 Å². The largest absolute Gasteiger partial charge is 0.297 e. The zero-order valence-corrected chi connectivity index (χ0v) is 6.19. The van der Waals surface area contributed by atoms with Crippen molar-refractivity contribution in [2.75, 3.05) is 13.6 Å². The molecule has 0 rings (SSSR count). The zero-order chi connectivity index (χ0) is 7.33. The quantitative estimate of drug-likeness (QED) is 0.447. The van der Waals surface area contributed by atoms with Gasteiger partial charge in [0.05, 0.1) is 5.60 Å². The van der Waals surface area contributed by atoms with E-state index in [4.69, 9.17) is 5.90 Å². The van der Waals surface area contributed by atoms with Crippen molar-refractivity contribution in [3.05, 3.63) is 0 Å². The van der Waals surface area contributed by atoms with Crippen LogP contribution < -0.4 is 16.7 Å². The van der Waals surface area contributed by atoms with Crippen molar-refractivity contribution in [3.8, 4) is 0 Å². The maximum atomic E-state index is 4.98. The number of rotatable bonds is 4. The number of hydrazine groups is 1. The standard InChI is InChI=1S/C5H15N3O/c1-5(2,9-6)4-8-7-3/h7-8H,4,6H2,1-3H3. The average molecular weight is 133 g/mol. The number of nitrogens with two attached hydrogens (primary N) is 1. The SMILES string of the molecule is CNNCC(C)(C)ON. The molecule has 0 saturated carbocycles.